The van der Waals surface area contributed by atoms with Crippen LogP contribution in [-0.4, -0.2) is 24.2 Å². The molecule has 5 nitrogen and oxygen atoms in total. The maximum Gasteiger partial charge on any atom is 0.333 e. The first-order chi connectivity index (χ1) is 14.8. The maximum atomic E-state index is 11.5. The lowest BCUT2D eigenvalue weighted by Gasteiger charge is -2.04. The topological polar surface area (TPSA) is 76.7 Å². The van der Waals surface area contributed by atoms with Crippen molar-refractivity contribution in [2.75, 3.05) is 7.11 Å². The van der Waals surface area contributed by atoms with Crippen LogP contribution in [-0.2, 0) is 20.7 Å². The van der Waals surface area contributed by atoms with Crippen LogP contribution in [0.4, 0.5) is 0 Å². The van der Waals surface area contributed by atoms with Crippen molar-refractivity contribution in [1.82, 2.24) is 0 Å². The molecule has 0 spiro atoms. The average Bonchev–Trinajstić information content (AvgIpc) is 3.25. The summed E-state index contributed by atoms with van der Waals surface area (Å²) in [6, 6.07) is 1.97. The van der Waals surface area contributed by atoms with Crippen molar-refractivity contribution in [3.63, 3.8) is 0 Å². The Labute approximate surface area is 186 Å². The molecule has 0 radical (unpaired) electrons. The van der Waals surface area contributed by atoms with Crippen molar-refractivity contribution in [3.05, 3.63) is 70.8 Å². The SMILES string of the molecule is COC(=O)C(C)=CCCC(C)=CCCC(=CCCC(C)=CCCc1ccoc1)C(=O)O. The molecule has 1 aromatic rings. The average molecular weight is 429 g/mol. The van der Waals surface area contributed by atoms with Gasteiger partial charge in [-0.1, -0.05) is 35.5 Å². The highest BCUT2D eigenvalue weighted by Gasteiger charge is 2.06. The van der Waals surface area contributed by atoms with E-state index in [1.165, 1.54) is 23.8 Å². The van der Waals surface area contributed by atoms with Crippen LogP contribution in [0.1, 0.15) is 71.3 Å². The van der Waals surface area contributed by atoms with Crippen molar-refractivity contribution in [1.29, 1.82) is 0 Å². The number of allylic oxidation sites excluding steroid dienone is 6. The quantitative estimate of drug-likeness (QED) is 0.206. The van der Waals surface area contributed by atoms with Crippen LogP contribution < -0.4 is 0 Å². The van der Waals surface area contributed by atoms with Crippen LogP contribution in [0.15, 0.2) is 69.6 Å². The summed E-state index contributed by atoms with van der Waals surface area (Å²) in [5.41, 5.74) is 4.73. The van der Waals surface area contributed by atoms with E-state index in [-0.39, 0.29) is 5.97 Å². The fraction of sp³-hybridized carbons (Fsp3) is 0.462. The summed E-state index contributed by atoms with van der Waals surface area (Å²) in [7, 11) is 1.37. The minimum absolute atomic E-state index is 0.305. The highest BCUT2D eigenvalue weighted by molar-refractivity contribution is 5.87. The van der Waals surface area contributed by atoms with Gasteiger partial charge in [0, 0.05) is 11.1 Å². The normalized spacial score (nSPS) is 13.4. The predicted octanol–water partition coefficient (Wildman–Crippen LogP) is 6.58. The van der Waals surface area contributed by atoms with Gasteiger partial charge in [0.15, 0.2) is 0 Å². The minimum Gasteiger partial charge on any atom is -0.478 e. The molecule has 0 aliphatic rings. The van der Waals surface area contributed by atoms with Gasteiger partial charge >= 0.3 is 11.9 Å². The number of carbonyl (C=O) groups is 2. The van der Waals surface area contributed by atoms with Crippen LogP contribution in [0.5, 0.6) is 0 Å². The molecule has 0 aliphatic heterocycles. The Morgan fingerprint density at radius 2 is 1.55 bits per heavy atom. The Morgan fingerprint density at radius 1 is 0.935 bits per heavy atom. The number of rotatable bonds is 14. The van der Waals surface area contributed by atoms with Crippen LogP contribution in [0.3, 0.4) is 0 Å². The molecule has 31 heavy (non-hydrogen) atoms. The molecule has 0 saturated carbocycles. The Balaban J connectivity index is 2.40. The second-order valence-electron chi connectivity index (χ2n) is 7.80. The molecule has 0 bridgehead atoms. The first kappa shape index (κ1) is 26.2. The number of carbonyl (C=O) groups excluding carboxylic acids is 1. The molecule has 1 rings (SSSR count). The lowest BCUT2D eigenvalue weighted by molar-refractivity contribution is -0.136. The van der Waals surface area contributed by atoms with E-state index in [0.29, 0.717) is 24.0 Å². The largest absolute Gasteiger partial charge is 0.478 e. The van der Waals surface area contributed by atoms with Crippen molar-refractivity contribution in [3.8, 4) is 0 Å². The molecule has 1 N–H and O–H groups in total. The molecule has 170 valence electrons. The summed E-state index contributed by atoms with van der Waals surface area (Å²) in [6.45, 7) is 5.86. The van der Waals surface area contributed by atoms with Gasteiger partial charge in [0.1, 0.15) is 0 Å². The molecule has 1 heterocycles. The third kappa shape index (κ3) is 11.8. The fourth-order valence-electron chi connectivity index (χ4n) is 3.13. The highest BCUT2D eigenvalue weighted by Crippen LogP contribution is 2.15. The molecule has 0 atom stereocenters. The van der Waals surface area contributed by atoms with Gasteiger partial charge < -0.3 is 14.3 Å². The summed E-state index contributed by atoms with van der Waals surface area (Å²) in [5.74, 6) is -1.15. The fourth-order valence-corrected chi connectivity index (χ4v) is 3.13. The van der Waals surface area contributed by atoms with Crippen LogP contribution >= 0.6 is 0 Å². The molecule has 0 saturated heterocycles. The number of aliphatic carboxylic acids is 1. The number of hydrogen-bond acceptors (Lipinski definition) is 4. The number of carboxylic acids is 1. The van der Waals surface area contributed by atoms with E-state index in [1.54, 1.807) is 19.5 Å². The monoisotopic (exact) mass is 428 g/mol. The van der Waals surface area contributed by atoms with Crippen LogP contribution in [0, 0.1) is 0 Å². The molecule has 0 unspecified atom stereocenters. The molecular formula is C26H36O5. The third-order valence-corrected chi connectivity index (χ3v) is 5.11. The van der Waals surface area contributed by atoms with Gasteiger partial charge in [-0.05, 0) is 83.8 Å². The first-order valence-corrected chi connectivity index (χ1v) is 10.8. The molecule has 0 fully saturated rings. The molecule has 0 aliphatic carbocycles. The lowest BCUT2D eigenvalue weighted by atomic mass is 10.0. The Bertz CT molecular complexity index is 807. The third-order valence-electron chi connectivity index (χ3n) is 5.11. The summed E-state index contributed by atoms with van der Waals surface area (Å²) < 4.78 is 9.74. The van der Waals surface area contributed by atoms with E-state index in [2.05, 4.69) is 23.8 Å². The van der Waals surface area contributed by atoms with Crippen molar-refractivity contribution >= 4 is 11.9 Å². The predicted molar refractivity (Wildman–Crippen MR) is 124 cm³/mol. The number of aryl methyl sites for hydroxylation is 1. The second kappa shape index (κ2) is 15.1. The zero-order valence-electron chi connectivity index (χ0n) is 19.3. The minimum atomic E-state index is -0.843. The Hall–Kier alpha value is -2.82. The zero-order chi connectivity index (χ0) is 23.1. The summed E-state index contributed by atoms with van der Waals surface area (Å²) in [6.07, 6.45) is 17.8. The van der Waals surface area contributed by atoms with Gasteiger partial charge in [0.2, 0.25) is 0 Å². The van der Waals surface area contributed by atoms with E-state index in [4.69, 9.17) is 4.42 Å². The van der Waals surface area contributed by atoms with E-state index in [1.807, 2.05) is 25.1 Å². The molecule has 5 heteroatoms. The van der Waals surface area contributed by atoms with Gasteiger partial charge in [-0.3, -0.25) is 0 Å². The van der Waals surface area contributed by atoms with Gasteiger partial charge in [-0.2, -0.15) is 0 Å². The van der Waals surface area contributed by atoms with Crippen molar-refractivity contribution in [2.45, 2.75) is 72.1 Å². The van der Waals surface area contributed by atoms with Gasteiger partial charge in [0.05, 0.1) is 19.6 Å². The zero-order valence-corrected chi connectivity index (χ0v) is 19.3. The smallest absolute Gasteiger partial charge is 0.333 e. The number of hydrogen-bond donors (Lipinski definition) is 1. The van der Waals surface area contributed by atoms with Gasteiger partial charge in [-0.15, -0.1) is 0 Å². The van der Waals surface area contributed by atoms with E-state index in [0.717, 1.165) is 38.5 Å². The highest BCUT2D eigenvalue weighted by atomic mass is 16.5. The van der Waals surface area contributed by atoms with E-state index >= 15 is 0 Å². The molecule has 0 amide bonds. The summed E-state index contributed by atoms with van der Waals surface area (Å²) >= 11 is 0. The lowest BCUT2D eigenvalue weighted by Crippen LogP contribution is -2.01. The number of esters is 1. The Morgan fingerprint density at radius 3 is 2.13 bits per heavy atom. The standard InChI is InChI=1S/C26H36O5/c1-20(9-5-13-22(3)26(29)30-4)11-7-15-24(25(27)28)16-8-12-21(2)10-6-14-23-17-18-31-19-23/h10-11,13,16-19H,5-9,12,14-15H2,1-4H3,(H,27,28). The van der Waals surface area contributed by atoms with Crippen LogP contribution in [0.25, 0.3) is 0 Å². The van der Waals surface area contributed by atoms with Gasteiger partial charge in [-0.25, -0.2) is 9.59 Å². The van der Waals surface area contributed by atoms with Crippen molar-refractivity contribution in [2.24, 2.45) is 0 Å². The van der Waals surface area contributed by atoms with Gasteiger partial charge in [0.25, 0.3) is 0 Å². The van der Waals surface area contributed by atoms with Crippen LogP contribution in [0.2, 0.25) is 0 Å². The Kier molecular flexibility index (Phi) is 12.7. The van der Waals surface area contributed by atoms with Crippen molar-refractivity contribution < 1.29 is 23.8 Å². The number of ether oxygens (including phenoxy) is 1. The summed E-state index contributed by atoms with van der Waals surface area (Å²) in [4.78, 5) is 22.9. The van der Waals surface area contributed by atoms with E-state index in [9.17, 15) is 14.7 Å². The molecule has 1 aromatic heterocycles. The number of furan rings is 1. The number of carboxylic acid groups (broad SMARTS) is 1. The first-order valence-electron chi connectivity index (χ1n) is 10.8. The molecule has 0 aromatic carbocycles. The second-order valence-corrected chi connectivity index (χ2v) is 7.80. The maximum absolute atomic E-state index is 11.5. The molecular weight excluding hydrogens is 392 g/mol. The summed E-state index contributed by atoms with van der Waals surface area (Å²) in [5, 5.41) is 9.46. The van der Waals surface area contributed by atoms with E-state index < -0.39 is 5.97 Å². The number of methoxy groups -OCH3 is 1.